The summed E-state index contributed by atoms with van der Waals surface area (Å²) in [6.45, 7) is 1.09. The summed E-state index contributed by atoms with van der Waals surface area (Å²) in [6.07, 6.45) is 1.17. The fourth-order valence-electron chi connectivity index (χ4n) is 1.54. The lowest BCUT2D eigenvalue weighted by Crippen LogP contribution is -2.51. The summed E-state index contributed by atoms with van der Waals surface area (Å²) in [5.41, 5.74) is 4.92. The van der Waals surface area contributed by atoms with Gasteiger partial charge in [-0.2, -0.15) is 0 Å². The molecule has 4 nitrogen and oxygen atoms in total. The summed E-state index contributed by atoms with van der Waals surface area (Å²) in [5.74, 6) is -0.0942. The molecule has 0 radical (unpaired) electrons. The fraction of sp³-hybridized carbons (Fsp3) is 0.750. The van der Waals surface area contributed by atoms with Crippen molar-refractivity contribution in [1.82, 2.24) is 5.32 Å². The Morgan fingerprint density at radius 3 is 2.46 bits per heavy atom. The van der Waals surface area contributed by atoms with Crippen LogP contribution in [0.25, 0.3) is 0 Å². The summed E-state index contributed by atoms with van der Waals surface area (Å²) in [6, 6.07) is 0. The number of hydrogen-bond donors (Lipinski definition) is 2. The molecule has 0 saturated carbocycles. The zero-order chi connectivity index (χ0) is 9.90. The Kier molecular flexibility index (Phi) is 3.22. The van der Waals surface area contributed by atoms with E-state index in [1.54, 1.807) is 7.05 Å². The molecular weight excluding hydrogens is 188 g/mol. The molecule has 1 fully saturated rings. The van der Waals surface area contributed by atoms with Gasteiger partial charge in [-0.15, -0.1) is 0 Å². The van der Waals surface area contributed by atoms with Gasteiger partial charge in [-0.25, -0.2) is 0 Å². The third kappa shape index (κ3) is 1.81. The summed E-state index contributed by atoms with van der Waals surface area (Å²) in [4.78, 5) is 11.9. The van der Waals surface area contributed by atoms with Crippen LogP contribution in [0.3, 0.4) is 0 Å². The molecule has 1 rings (SSSR count). The number of amides is 1. The first-order valence-electron chi connectivity index (χ1n) is 4.23. The normalized spacial score (nSPS) is 20.7. The highest BCUT2D eigenvalue weighted by Crippen LogP contribution is 2.30. The third-order valence-corrected chi connectivity index (χ3v) is 2.87. The maximum absolute atomic E-state index is 11.6. The van der Waals surface area contributed by atoms with E-state index >= 15 is 0 Å². The van der Waals surface area contributed by atoms with Crippen molar-refractivity contribution in [2.45, 2.75) is 12.8 Å². The zero-order valence-electron chi connectivity index (χ0n) is 7.63. The molecule has 74 valence electrons. The summed E-state index contributed by atoms with van der Waals surface area (Å²) < 4.78 is 5.17. The fourth-order valence-corrected chi connectivity index (χ4v) is 1.84. The minimum atomic E-state index is -0.678. The Bertz CT molecular complexity index is 224. The van der Waals surface area contributed by atoms with Crippen molar-refractivity contribution in [2.24, 2.45) is 11.1 Å². The highest BCUT2D eigenvalue weighted by Gasteiger charge is 2.42. The van der Waals surface area contributed by atoms with Crippen LogP contribution in [0, 0.1) is 5.41 Å². The number of hydrogen-bond acceptors (Lipinski definition) is 3. The van der Waals surface area contributed by atoms with Gasteiger partial charge in [0.15, 0.2) is 0 Å². The molecular formula is C8H14N2O2S. The van der Waals surface area contributed by atoms with Crippen LogP contribution in [0.5, 0.6) is 0 Å². The van der Waals surface area contributed by atoms with Crippen LogP contribution in [0.1, 0.15) is 12.8 Å². The van der Waals surface area contributed by atoms with Crippen molar-refractivity contribution in [3.8, 4) is 0 Å². The maximum atomic E-state index is 11.6. The Labute approximate surface area is 82.8 Å². The first kappa shape index (κ1) is 10.4. The molecule has 1 aliphatic rings. The molecule has 0 aliphatic carbocycles. The largest absolute Gasteiger partial charge is 0.392 e. The molecule has 1 amide bonds. The molecule has 0 spiro atoms. The van der Waals surface area contributed by atoms with E-state index in [9.17, 15) is 4.79 Å². The van der Waals surface area contributed by atoms with E-state index in [0.717, 1.165) is 0 Å². The van der Waals surface area contributed by atoms with E-state index in [2.05, 4.69) is 5.32 Å². The second kappa shape index (κ2) is 4.02. The van der Waals surface area contributed by atoms with E-state index in [4.69, 9.17) is 22.7 Å². The average molecular weight is 202 g/mol. The first-order valence-corrected chi connectivity index (χ1v) is 4.64. The highest BCUT2D eigenvalue weighted by molar-refractivity contribution is 7.80. The molecule has 1 heterocycles. The van der Waals surface area contributed by atoms with Gasteiger partial charge in [-0.1, -0.05) is 12.2 Å². The van der Waals surface area contributed by atoms with Gasteiger partial charge in [0.05, 0.1) is 4.99 Å². The number of ether oxygens (including phenoxy) is 1. The first-order chi connectivity index (χ1) is 6.13. The number of carbonyl (C=O) groups is 1. The van der Waals surface area contributed by atoms with Crippen LogP contribution in [0.15, 0.2) is 0 Å². The van der Waals surface area contributed by atoms with Crippen LogP contribution in [-0.2, 0) is 9.53 Å². The van der Waals surface area contributed by atoms with E-state index < -0.39 is 5.41 Å². The predicted octanol–water partition coefficient (Wildman–Crippen LogP) is -0.185. The van der Waals surface area contributed by atoms with Crippen molar-refractivity contribution in [3.05, 3.63) is 0 Å². The van der Waals surface area contributed by atoms with E-state index in [1.165, 1.54) is 0 Å². The Balaban J connectivity index is 2.85. The van der Waals surface area contributed by atoms with Gasteiger partial charge >= 0.3 is 0 Å². The van der Waals surface area contributed by atoms with Gasteiger partial charge in [-0.05, 0) is 12.8 Å². The lowest BCUT2D eigenvalue weighted by atomic mass is 9.79. The van der Waals surface area contributed by atoms with Gasteiger partial charge in [0, 0.05) is 20.3 Å². The van der Waals surface area contributed by atoms with Crippen LogP contribution in [-0.4, -0.2) is 31.2 Å². The monoisotopic (exact) mass is 202 g/mol. The smallest absolute Gasteiger partial charge is 0.232 e. The number of nitrogens with two attached hydrogens (primary N) is 1. The SMILES string of the molecule is CNC(=O)C1(C(N)=S)CCOCC1. The summed E-state index contributed by atoms with van der Waals surface area (Å²) >= 11 is 4.93. The van der Waals surface area contributed by atoms with Gasteiger partial charge in [0.2, 0.25) is 5.91 Å². The zero-order valence-corrected chi connectivity index (χ0v) is 8.45. The van der Waals surface area contributed by atoms with Crippen LogP contribution in [0.2, 0.25) is 0 Å². The Hall–Kier alpha value is -0.680. The van der Waals surface area contributed by atoms with Gasteiger partial charge in [0.1, 0.15) is 5.41 Å². The maximum Gasteiger partial charge on any atom is 0.232 e. The molecule has 0 aromatic heterocycles. The molecule has 0 aromatic rings. The van der Waals surface area contributed by atoms with Crippen molar-refractivity contribution >= 4 is 23.1 Å². The number of carbonyl (C=O) groups excluding carboxylic acids is 1. The van der Waals surface area contributed by atoms with Crippen molar-refractivity contribution in [1.29, 1.82) is 0 Å². The lowest BCUT2D eigenvalue weighted by molar-refractivity contribution is -0.130. The van der Waals surface area contributed by atoms with Crippen LogP contribution < -0.4 is 11.1 Å². The Morgan fingerprint density at radius 1 is 1.54 bits per heavy atom. The number of thiocarbonyl (C=S) groups is 1. The van der Waals surface area contributed by atoms with E-state index in [-0.39, 0.29) is 10.9 Å². The van der Waals surface area contributed by atoms with Crippen LogP contribution in [0.4, 0.5) is 0 Å². The summed E-state index contributed by atoms with van der Waals surface area (Å²) in [7, 11) is 1.60. The van der Waals surface area contributed by atoms with Crippen molar-refractivity contribution in [3.63, 3.8) is 0 Å². The van der Waals surface area contributed by atoms with Crippen molar-refractivity contribution in [2.75, 3.05) is 20.3 Å². The topological polar surface area (TPSA) is 64.4 Å². The molecule has 0 atom stereocenters. The molecule has 3 N–H and O–H groups in total. The van der Waals surface area contributed by atoms with Crippen molar-refractivity contribution < 1.29 is 9.53 Å². The molecule has 13 heavy (non-hydrogen) atoms. The van der Waals surface area contributed by atoms with Gasteiger partial charge in [0.25, 0.3) is 0 Å². The second-order valence-electron chi connectivity index (χ2n) is 3.14. The third-order valence-electron chi connectivity index (χ3n) is 2.48. The molecule has 0 bridgehead atoms. The molecule has 0 aromatic carbocycles. The quantitative estimate of drug-likeness (QED) is 0.609. The second-order valence-corrected chi connectivity index (χ2v) is 3.58. The Morgan fingerprint density at radius 2 is 2.08 bits per heavy atom. The molecule has 1 saturated heterocycles. The number of nitrogens with one attached hydrogen (secondary N) is 1. The van der Waals surface area contributed by atoms with E-state index in [1.807, 2.05) is 0 Å². The molecule has 5 heteroatoms. The molecule has 1 aliphatic heterocycles. The van der Waals surface area contributed by atoms with E-state index in [0.29, 0.717) is 26.1 Å². The molecule has 0 unspecified atom stereocenters. The minimum absolute atomic E-state index is 0.0942. The summed E-state index contributed by atoms with van der Waals surface area (Å²) in [5, 5.41) is 2.59. The highest BCUT2D eigenvalue weighted by atomic mass is 32.1. The lowest BCUT2D eigenvalue weighted by Gasteiger charge is -2.34. The minimum Gasteiger partial charge on any atom is -0.392 e. The van der Waals surface area contributed by atoms with Gasteiger partial charge < -0.3 is 15.8 Å². The number of rotatable bonds is 2. The average Bonchev–Trinajstić information content (AvgIpc) is 2.17. The van der Waals surface area contributed by atoms with Crippen LogP contribution >= 0.6 is 12.2 Å². The standard InChI is InChI=1S/C8H14N2O2S/c1-10-7(11)8(6(9)13)2-4-12-5-3-8/h2-5H2,1H3,(H2,9,13)(H,10,11). The van der Waals surface area contributed by atoms with Gasteiger partial charge in [-0.3, -0.25) is 4.79 Å². The predicted molar refractivity (Wildman–Crippen MR) is 53.3 cm³/mol.